The molecule has 2 rings (SSSR count). The molecule has 0 saturated carbocycles. The number of halogens is 1. The lowest BCUT2D eigenvalue weighted by molar-refractivity contribution is 0.969. The molecule has 1 aromatic carbocycles. The molecule has 0 unspecified atom stereocenters. The van der Waals surface area contributed by atoms with E-state index in [9.17, 15) is 0 Å². The molecular weight excluding hydrogens is 280 g/mol. The Morgan fingerprint density at radius 3 is 2.65 bits per heavy atom. The van der Waals surface area contributed by atoms with E-state index in [1.54, 1.807) is 6.20 Å². The molecule has 88 valence electrons. The third-order valence-electron chi connectivity index (χ3n) is 2.32. The largest absolute Gasteiger partial charge is 0.339 e. The third kappa shape index (κ3) is 3.25. The van der Waals surface area contributed by atoms with Crippen LogP contribution in [0.3, 0.4) is 0 Å². The molecule has 0 saturated heterocycles. The average Bonchev–Trinajstić information content (AvgIpc) is 2.35. The van der Waals surface area contributed by atoms with Crippen LogP contribution in [0.1, 0.15) is 5.56 Å². The molecule has 0 aliphatic carbocycles. The number of nitrogens with zero attached hydrogens (tertiary/aromatic N) is 2. The topological polar surface area (TPSA) is 63.8 Å². The molecule has 0 amide bonds. The first kappa shape index (κ1) is 12.0. The number of anilines is 2. The molecule has 0 radical (unpaired) electrons. The van der Waals surface area contributed by atoms with E-state index in [-0.39, 0.29) is 0 Å². The second kappa shape index (κ2) is 5.75. The van der Waals surface area contributed by atoms with Gasteiger partial charge in [-0.2, -0.15) is 0 Å². The quantitative estimate of drug-likeness (QED) is 0.909. The summed E-state index contributed by atoms with van der Waals surface area (Å²) in [5.74, 6) is 0.756. The van der Waals surface area contributed by atoms with Crippen molar-refractivity contribution in [1.29, 1.82) is 0 Å². The molecule has 3 N–H and O–H groups in total. The van der Waals surface area contributed by atoms with E-state index in [1.165, 1.54) is 11.9 Å². The number of benzene rings is 1. The van der Waals surface area contributed by atoms with Crippen molar-refractivity contribution in [2.24, 2.45) is 5.73 Å². The van der Waals surface area contributed by atoms with Gasteiger partial charge in [0.2, 0.25) is 0 Å². The molecule has 0 atom stereocenters. The van der Waals surface area contributed by atoms with Gasteiger partial charge in [-0.1, -0.05) is 12.1 Å². The Bertz CT molecular complexity index is 484. The Labute approximate surface area is 108 Å². The number of hydrogen-bond acceptors (Lipinski definition) is 4. The Hall–Kier alpha value is -1.46. The Morgan fingerprint density at radius 1 is 1.24 bits per heavy atom. The number of nitrogens with two attached hydrogens (primary N) is 1. The van der Waals surface area contributed by atoms with Crippen LogP contribution in [0, 0.1) is 0 Å². The van der Waals surface area contributed by atoms with Gasteiger partial charge in [0.05, 0.1) is 4.47 Å². The minimum Gasteiger partial charge on any atom is -0.339 e. The number of aromatic nitrogens is 2. The summed E-state index contributed by atoms with van der Waals surface area (Å²) in [6.07, 6.45) is 4.12. The number of nitrogens with one attached hydrogen (secondary N) is 1. The molecule has 17 heavy (non-hydrogen) atoms. The van der Waals surface area contributed by atoms with Gasteiger partial charge >= 0.3 is 0 Å². The maximum atomic E-state index is 5.50. The van der Waals surface area contributed by atoms with Crippen LogP contribution >= 0.6 is 15.9 Å². The highest BCUT2D eigenvalue weighted by atomic mass is 79.9. The lowest BCUT2D eigenvalue weighted by atomic mass is 10.1. The monoisotopic (exact) mass is 292 g/mol. The van der Waals surface area contributed by atoms with E-state index in [2.05, 4.69) is 43.3 Å². The van der Waals surface area contributed by atoms with E-state index in [1.807, 2.05) is 12.1 Å². The van der Waals surface area contributed by atoms with E-state index < -0.39 is 0 Å². The maximum Gasteiger partial charge on any atom is 0.148 e. The van der Waals surface area contributed by atoms with Crippen LogP contribution in [-0.2, 0) is 6.42 Å². The fourth-order valence-electron chi connectivity index (χ4n) is 1.46. The first-order valence-corrected chi connectivity index (χ1v) is 6.10. The Kier molecular flexibility index (Phi) is 4.06. The summed E-state index contributed by atoms with van der Waals surface area (Å²) in [6, 6.07) is 8.15. The van der Waals surface area contributed by atoms with E-state index in [0.717, 1.165) is 22.4 Å². The first-order valence-electron chi connectivity index (χ1n) is 5.31. The fourth-order valence-corrected chi connectivity index (χ4v) is 1.78. The Morgan fingerprint density at radius 2 is 2.00 bits per heavy atom. The maximum absolute atomic E-state index is 5.50. The third-order valence-corrected chi connectivity index (χ3v) is 2.90. The summed E-state index contributed by atoms with van der Waals surface area (Å²) in [5.41, 5.74) is 7.73. The summed E-state index contributed by atoms with van der Waals surface area (Å²) in [5, 5.41) is 3.21. The molecule has 0 bridgehead atoms. The second-order valence-corrected chi connectivity index (χ2v) is 4.43. The van der Waals surface area contributed by atoms with E-state index in [4.69, 9.17) is 5.73 Å². The minimum absolute atomic E-state index is 0.671. The summed E-state index contributed by atoms with van der Waals surface area (Å²) in [6.45, 7) is 0.671. The number of rotatable bonds is 4. The summed E-state index contributed by atoms with van der Waals surface area (Å²) in [4.78, 5) is 8.06. The first-order chi connectivity index (χ1) is 8.29. The van der Waals surface area contributed by atoms with Gasteiger partial charge in [-0.15, -0.1) is 0 Å². The second-order valence-electron chi connectivity index (χ2n) is 3.58. The zero-order valence-electron chi connectivity index (χ0n) is 9.23. The van der Waals surface area contributed by atoms with E-state index >= 15 is 0 Å². The van der Waals surface area contributed by atoms with Crippen LogP contribution in [0.5, 0.6) is 0 Å². The molecule has 0 aliphatic heterocycles. The van der Waals surface area contributed by atoms with Gasteiger partial charge < -0.3 is 11.1 Å². The van der Waals surface area contributed by atoms with Gasteiger partial charge in [-0.25, -0.2) is 9.97 Å². The highest BCUT2D eigenvalue weighted by Crippen LogP contribution is 2.22. The van der Waals surface area contributed by atoms with Crippen LogP contribution in [0.4, 0.5) is 11.5 Å². The molecule has 0 aliphatic rings. The molecule has 2 aromatic rings. The van der Waals surface area contributed by atoms with Crippen molar-refractivity contribution in [2.75, 3.05) is 11.9 Å². The average molecular weight is 293 g/mol. The van der Waals surface area contributed by atoms with Crippen molar-refractivity contribution >= 4 is 27.4 Å². The molecular formula is C12H13BrN4. The zero-order valence-corrected chi connectivity index (χ0v) is 10.8. The van der Waals surface area contributed by atoms with Gasteiger partial charge in [0.1, 0.15) is 12.1 Å². The predicted molar refractivity (Wildman–Crippen MR) is 72.2 cm³/mol. The van der Waals surface area contributed by atoms with Crippen molar-refractivity contribution in [3.05, 3.63) is 46.8 Å². The molecule has 1 aromatic heterocycles. The molecule has 0 spiro atoms. The fraction of sp³-hybridized carbons (Fsp3) is 0.167. The SMILES string of the molecule is NCCc1ccc(Nc2ncncc2Br)cc1. The van der Waals surface area contributed by atoms with Crippen molar-refractivity contribution < 1.29 is 0 Å². The van der Waals surface area contributed by atoms with Crippen LogP contribution in [0.25, 0.3) is 0 Å². The van der Waals surface area contributed by atoms with Crippen LogP contribution in [0.15, 0.2) is 41.3 Å². The lowest BCUT2D eigenvalue weighted by Crippen LogP contribution is -2.02. The van der Waals surface area contributed by atoms with Crippen LogP contribution < -0.4 is 11.1 Å². The smallest absolute Gasteiger partial charge is 0.148 e. The van der Waals surface area contributed by atoms with Crippen LogP contribution in [-0.4, -0.2) is 16.5 Å². The molecule has 1 heterocycles. The van der Waals surface area contributed by atoms with Crippen molar-refractivity contribution in [3.63, 3.8) is 0 Å². The normalized spacial score (nSPS) is 10.2. The van der Waals surface area contributed by atoms with Gasteiger partial charge in [-0.3, -0.25) is 0 Å². The van der Waals surface area contributed by atoms with Gasteiger partial charge in [0, 0.05) is 11.9 Å². The summed E-state index contributed by atoms with van der Waals surface area (Å²) >= 11 is 3.39. The van der Waals surface area contributed by atoms with Gasteiger partial charge in [0.15, 0.2) is 0 Å². The molecule has 5 heteroatoms. The van der Waals surface area contributed by atoms with Crippen LogP contribution in [0.2, 0.25) is 0 Å². The summed E-state index contributed by atoms with van der Waals surface area (Å²) in [7, 11) is 0. The standard InChI is InChI=1S/C12H13BrN4/c13-11-7-15-8-16-12(11)17-10-3-1-9(2-4-10)5-6-14/h1-4,7-8H,5-6,14H2,(H,15,16,17). The van der Waals surface area contributed by atoms with Gasteiger partial charge in [-0.05, 0) is 46.6 Å². The van der Waals surface area contributed by atoms with Crippen molar-refractivity contribution in [3.8, 4) is 0 Å². The highest BCUT2D eigenvalue weighted by Gasteiger charge is 2.01. The Balaban J connectivity index is 2.11. The van der Waals surface area contributed by atoms with Crippen molar-refractivity contribution in [1.82, 2.24) is 9.97 Å². The van der Waals surface area contributed by atoms with E-state index in [0.29, 0.717) is 6.54 Å². The summed E-state index contributed by atoms with van der Waals surface area (Å²) < 4.78 is 0.839. The van der Waals surface area contributed by atoms with Gasteiger partial charge in [0.25, 0.3) is 0 Å². The number of hydrogen-bond donors (Lipinski definition) is 2. The molecule has 4 nitrogen and oxygen atoms in total. The predicted octanol–water partition coefficient (Wildman–Crippen LogP) is 2.48. The lowest BCUT2D eigenvalue weighted by Gasteiger charge is -2.07. The minimum atomic E-state index is 0.671. The highest BCUT2D eigenvalue weighted by molar-refractivity contribution is 9.10. The zero-order chi connectivity index (χ0) is 12.1. The molecule has 0 fully saturated rings. The van der Waals surface area contributed by atoms with Crippen molar-refractivity contribution in [2.45, 2.75) is 6.42 Å².